The van der Waals surface area contributed by atoms with Crippen molar-refractivity contribution < 1.29 is 9.47 Å². The molecule has 0 bridgehead atoms. The van der Waals surface area contributed by atoms with Gasteiger partial charge in [-0.15, -0.1) is 0 Å². The van der Waals surface area contributed by atoms with Crippen molar-refractivity contribution in [1.29, 1.82) is 0 Å². The summed E-state index contributed by atoms with van der Waals surface area (Å²) in [5.74, 6) is 2.76. The molecule has 10 heavy (non-hydrogen) atoms. The van der Waals surface area contributed by atoms with Crippen LogP contribution >= 0.6 is 21.6 Å². The number of ether oxygens (including phenoxy) is 2. The third kappa shape index (κ3) is 3.95. The highest BCUT2D eigenvalue weighted by Gasteiger charge is 1.96. The van der Waals surface area contributed by atoms with Crippen LogP contribution in [0.2, 0.25) is 0 Å². The highest BCUT2D eigenvalue weighted by Crippen LogP contribution is 2.29. The number of rotatable bonds is 0. The first-order valence-corrected chi connectivity index (χ1v) is 5.61. The molecule has 58 valence electrons. The molecule has 2 rings (SSSR count). The van der Waals surface area contributed by atoms with Gasteiger partial charge in [-0.25, -0.2) is 0 Å². The Hall–Kier alpha value is 0.0400. The van der Waals surface area contributed by atoms with Crippen LogP contribution in [0.3, 0.4) is 0 Å². The summed E-state index contributed by atoms with van der Waals surface area (Å²) >= 11 is 0. The van der Waals surface area contributed by atoms with E-state index in [4.69, 9.17) is 0 Å². The zero-order valence-corrected chi connectivity index (χ0v) is 7.25. The van der Waals surface area contributed by atoms with Crippen molar-refractivity contribution in [1.82, 2.24) is 0 Å². The van der Waals surface area contributed by atoms with Gasteiger partial charge in [0.2, 0.25) is 6.79 Å². The topological polar surface area (TPSA) is 18.5 Å². The fourth-order valence-corrected chi connectivity index (χ4v) is 2.85. The van der Waals surface area contributed by atoms with Gasteiger partial charge >= 0.3 is 0 Å². The Bertz CT molecular complexity index is 88.3. The van der Waals surface area contributed by atoms with E-state index in [9.17, 15) is 0 Å². The summed E-state index contributed by atoms with van der Waals surface area (Å²) in [5, 5.41) is 0. The van der Waals surface area contributed by atoms with Crippen molar-refractivity contribution in [3.8, 4) is 0 Å². The molecule has 1 fully saturated rings. The monoisotopic (exact) mass is 178 g/mol. The van der Waals surface area contributed by atoms with Crippen LogP contribution in [0.1, 0.15) is 6.42 Å². The smallest absolute Gasteiger partial charge is 0.229 e. The molecule has 2 nitrogen and oxygen atoms in total. The largest absolute Gasteiger partial charge is 0.462 e. The summed E-state index contributed by atoms with van der Waals surface area (Å²) in [7, 11) is 3.98. The third-order valence-electron chi connectivity index (χ3n) is 0.923. The van der Waals surface area contributed by atoms with Crippen molar-refractivity contribution >= 4 is 21.6 Å². The van der Waals surface area contributed by atoms with Crippen molar-refractivity contribution in [3.63, 3.8) is 0 Å². The zero-order valence-electron chi connectivity index (χ0n) is 5.62. The quantitative estimate of drug-likeness (QED) is 0.529. The van der Waals surface area contributed by atoms with Gasteiger partial charge in [0, 0.05) is 11.5 Å². The molecule has 0 amide bonds. The van der Waals surface area contributed by atoms with Gasteiger partial charge in [0.25, 0.3) is 0 Å². The van der Waals surface area contributed by atoms with Crippen LogP contribution in [0, 0.1) is 0 Å². The molecule has 2 aliphatic heterocycles. The zero-order chi connectivity index (χ0) is 7.07. The molecule has 0 radical (unpaired) electrons. The summed E-state index contributed by atoms with van der Waals surface area (Å²) in [4.78, 5) is 0. The summed E-state index contributed by atoms with van der Waals surface area (Å²) in [6, 6.07) is 0. The minimum atomic E-state index is 0.389. The Morgan fingerprint density at radius 1 is 1.00 bits per heavy atom. The lowest BCUT2D eigenvalue weighted by molar-refractivity contribution is 0.0920. The van der Waals surface area contributed by atoms with Gasteiger partial charge in [0.15, 0.2) is 0 Å². The lowest BCUT2D eigenvalue weighted by Crippen LogP contribution is -1.75. The molecule has 0 aromatic heterocycles. The minimum Gasteiger partial charge on any atom is -0.462 e. The standard InChI is InChI=1S/C3H4O2.C3H6S2/c1-2-5-3-4-1;1-2-4-5-3-1/h1-2H,3H2;1-3H2. The Kier molecular flexibility index (Phi) is 4.72. The van der Waals surface area contributed by atoms with Gasteiger partial charge in [-0.2, -0.15) is 0 Å². The van der Waals surface area contributed by atoms with Gasteiger partial charge in [0.1, 0.15) is 12.5 Å². The fraction of sp³-hybridized carbons (Fsp3) is 0.667. The molecule has 2 aliphatic rings. The molecule has 0 aromatic carbocycles. The fourth-order valence-electron chi connectivity index (χ4n) is 0.491. The molecule has 1 saturated heterocycles. The van der Waals surface area contributed by atoms with E-state index in [-0.39, 0.29) is 0 Å². The average molecular weight is 178 g/mol. The average Bonchev–Trinajstić information content (AvgIpc) is 2.67. The molecule has 0 unspecified atom stereocenters. The summed E-state index contributed by atoms with van der Waals surface area (Å²) in [6.45, 7) is 0.389. The molecule has 0 aromatic rings. The molecule has 0 saturated carbocycles. The lowest BCUT2D eigenvalue weighted by atomic mass is 10.6. The molecule has 0 atom stereocenters. The Labute approximate surface area is 68.7 Å². The van der Waals surface area contributed by atoms with Crippen LogP contribution in [0.25, 0.3) is 0 Å². The minimum absolute atomic E-state index is 0.389. The van der Waals surface area contributed by atoms with E-state index in [1.165, 1.54) is 30.5 Å². The van der Waals surface area contributed by atoms with E-state index < -0.39 is 0 Å². The van der Waals surface area contributed by atoms with Crippen LogP contribution in [0.15, 0.2) is 12.5 Å². The van der Waals surface area contributed by atoms with E-state index >= 15 is 0 Å². The first kappa shape index (κ1) is 8.14. The summed E-state index contributed by atoms with van der Waals surface area (Å²) in [6.07, 6.45) is 4.45. The molecular formula is C6H10O2S2. The highest BCUT2D eigenvalue weighted by atomic mass is 33.1. The maximum absolute atomic E-state index is 4.54. The van der Waals surface area contributed by atoms with Crippen molar-refractivity contribution in [2.24, 2.45) is 0 Å². The number of hydrogen-bond donors (Lipinski definition) is 0. The predicted molar refractivity (Wildman–Crippen MR) is 45.7 cm³/mol. The molecule has 0 aliphatic carbocycles. The van der Waals surface area contributed by atoms with Gasteiger partial charge in [-0.1, -0.05) is 21.6 Å². The molecule has 4 heteroatoms. The molecular weight excluding hydrogens is 168 g/mol. The molecule has 0 spiro atoms. The van der Waals surface area contributed by atoms with Crippen LogP contribution in [0.4, 0.5) is 0 Å². The second-order valence-electron chi connectivity index (χ2n) is 1.72. The van der Waals surface area contributed by atoms with Gasteiger partial charge in [-0.05, 0) is 6.42 Å². The summed E-state index contributed by atoms with van der Waals surface area (Å²) in [5.41, 5.74) is 0. The number of hydrogen-bond acceptors (Lipinski definition) is 4. The Morgan fingerprint density at radius 3 is 1.80 bits per heavy atom. The van der Waals surface area contributed by atoms with Crippen LogP contribution in [0.5, 0.6) is 0 Å². The SMILES string of the molecule is C1=COCO1.C1CSSC1. The summed E-state index contributed by atoms with van der Waals surface area (Å²) < 4.78 is 9.08. The lowest BCUT2D eigenvalue weighted by Gasteiger charge is -1.82. The Balaban J connectivity index is 0.0000001000. The van der Waals surface area contributed by atoms with E-state index in [1.807, 2.05) is 21.6 Å². The highest BCUT2D eigenvalue weighted by molar-refractivity contribution is 8.77. The van der Waals surface area contributed by atoms with Crippen LogP contribution < -0.4 is 0 Å². The van der Waals surface area contributed by atoms with E-state index in [0.717, 1.165) is 0 Å². The van der Waals surface area contributed by atoms with E-state index in [0.29, 0.717) is 6.79 Å². The van der Waals surface area contributed by atoms with Crippen LogP contribution in [-0.4, -0.2) is 18.3 Å². The van der Waals surface area contributed by atoms with Crippen molar-refractivity contribution in [3.05, 3.63) is 12.5 Å². The first-order chi connectivity index (χ1) is 5.00. The first-order valence-electron chi connectivity index (χ1n) is 3.13. The van der Waals surface area contributed by atoms with Gasteiger partial charge in [-0.3, -0.25) is 0 Å². The predicted octanol–water partition coefficient (Wildman–Crippen LogP) is 2.23. The van der Waals surface area contributed by atoms with Crippen molar-refractivity contribution in [2.45, 2.75) is 6.42 Å². The van der Waals surface area contributed by atoms with Gasteiger partial charge in [0.05, 0.1) is 0 Å². The maximum Gasteiger partial charge on any atom is 0.229 e. The Morgan fingerprint density at radius 2 is 1.60 bits per heavy atom. The maximum atomic E-state index is 4.54. The second-order valence-corrected chi connectivity index (χ2v) is 4.42. The second kappa shape index (κ2) is 5.80. The van der Waals surface area contributed by atoms with Gasteiger partial charge < -0.3 is 9.47 Å². The van der Waals surface area contributed by atoms with Crippen molar-refractivity contribution in [2.75, 3.05) is 18.3 Å². The molecule has 0 N–H and O–H groups in total. The van der Waals surface area contributed by atoms with Crippen LogP contribution in [-0.2, 0) is 9.47 Å². The molecule has 2 heterocycles. The normalized spacial score (nSPS) is 20.8. The van der Waals surface area contributed by atoms with E-state index in [1.54, 1.807) is 0 Å². The van der Waals surface area contributed by atoms with E-state index in [2.05, 4.69) is 9.47 Å². The third-order valence-corrected chi connectivity index (χ3v) is 3.50.